The molecule has 2 heterocycles. The molecule has 1 aromatic rings. The maximum Gasteiger partial charge on any atom is 0.423 e. The monoisotopic (exact) mass is 595 g/mol. The number of phenolic OH excluding ortho intramolecular Hbond substituents is 1. The first-order valence-electron chi connectivity index (χ1n) is 11.7. The molecule has 35 heavy (non-hydrogen) atoms. The van der Waals surface area contributed by atoms with E-state index in [0.29, 0.717) is 23.7 Å². The zero-order chi connectivity index (χ0) is 25.4. The van der Waals surface area contributed by atoms with Crippen molar-refractivity contribution < 1.29 is 33.7 Å². The van der Waals surface area contributed by atoms with Gasteiger partial charge in [-0.1, -0.05) is 24.1 Å². The molecule has 0 bridgehead atoms. The summed E-state index contributed by atoms with van der Waals surface area (Å²) in [6.45, 7) is 4.47. The lowest BCUT2D eigenvalue weighted by Gasteiger charge is -2.30. The van der Waals surface area contributed by atoms with Gasteiger partial charge in [0.25, 0.3) is 0 Å². The van der Waals surface area contributed by atoms with Gasteiger partial charge in [-0.2, -0.15) is 4.90 Å². The van der Waals surface area contributed by atoms with E-state index in [2.05, 4.69) is 40.3 Å². The highest BCUT2D eigenvalue weighted by Gasteiger charge is 2.58. The van der Waals surface area contributed by atoms with E-state index in [4.69, 9.17) is 9.47 Å². The summed E-state index contributed by atoms with van der Waals surface area (Å²) in [6, 6.07) is 3.74. The first-order chi connectivity index (χ1) is 16.7. The topological polar surface area (TPSA) is 102 Å². The number of hydrogen-bond donors (Lipinski definition) is 1. The number of nitrogens with zero attached hydrogens (tertiary/aromatic N) is 1. The average molecular weight is 595 g/mol. The molecule has 2 saturated heterocycles. The number of carbonyl (C=O) groups excluding carboxylic acids is 3. The Hall–Kier alpha value is -2.40. The smallest absolute Gasteiger partial charge is 0.423 e. The second-order valence-electron chi connectivity index (χ2n) is 9.23. The Morgan fingerprint density at radius 3 is 2.66 bits per heavy atom. The normalized spacial score (nSPS) is 26.2. The standard InChI is InChI=1S/C26H30INO7/c1-5-14(9-15-10-18(27)23(29)20(11-15)33-3)6-7-19-21-13(2)8-16-22(17(21)12-35-19)25(31)28(24(16)30)26(32)34-4/h9-11,16-17,19,22,29H,5-8,12H2,1-4H3/b14-9+/t16-,17+,19-,22-/m1/s1. The molecule has 4 rings (SSSR count). The van der Waals surface area contributed by atoms with E-state index in [1.54, 1.807) is 0 Å². The highest BCUT2D eigenvalue weighted by molar-refractivity contribution is 14.1. The van der Waals surface area contributed by atoms with E-state index in [0.717, 1.165) is 39.5 Å². The maximum atomic E-state index is 13.0. The quantitative estimate of drug-likeness (QED) is 0.290. The largest absolute Gasteiger partial charge is 0.504 e. The molecule has 188 valence electrons. The van der Waals surface area contributed by atoms with E-state index in [1.165, 1.54) is 19.8 Å². The van der Waals surface area contributed by atoms with E-state index < -0.39 is 29.7 Å². The lowest BCUT2D eigenvalue weighted by molar-refractivity contribution is -0.137. The summed E-state index contributed by atoms with van der Waals surface area (Å²) in [5, 5.41) is 10.1. The molecule has 1 aromatic carbocycles. The number of likely N-dealkylation sites (tertiary alicyclic amines) is 1. The highest BCUT2D eigenvalue weighted by Crippen LogP contribution is 2.49. The van der Waals surface area contributed by atoms with Gasteiger partial charge in [-0.15, -0.1) is 0 Å². The number of methoxy groups -OCH3 is 2. The molecule has 0 radical (unpaired) electrons. The number of allylic oxidation sites excluding steroid dienone is 2. The molecule has 2 fully saturated rings. The molecule has 4 atom stereocenters. The zero-order valence-electron chi connectivity index (χ0n) is 20.3. The summed E-state index contributed by atoms with van der Waals surface area (Å²) in [5.41, 5.74) is 4.37. The van der Waals surface area contributed by atoms with Crippen LogP contribution in [0, 0.1) is 21.3 Å². The van der Waals surface area contributed by atoms with Gasteiger partial charge in [-0.25, -0.2) is 4.79 Å². The molecule has 1 N–H and O–H groups in total. The number of ether oxygens (including phenoxy) is 3. The predicted octanol–water partition coefficient (Wildman–Crippen LogP) is 4.68. The number of imide groups is 3. The van der Waals surface area contributed by atoms with Gasteiger partial charge in [0.15, 0.2) is 11.5 Å². The summed E-state index contributed by atoms with van der Waals surface area (Å²) in [4.78, 5) is 38.5. The van der Waals surface area contributed by atoms with Crippen molar-refractivity contribution in [3.8, 4) is 11.5 Å². The predicted molar refractivity (Wildman–Crippen MR) is 137 cm³/mol. The molecular formula is C26H30INO7. The van der Waals surface area contributed by atoms with Crippen molar-refractivity contribution in [1.82, 2.24) is 4.90 Å². The van der Waals surface area contributed by atoms with Gasteiger partial charge in [-0.3, -0.25) is 9.59 Å². The van der Waals surface area contributed by atoms with Gasteiger partial charge in [0.1, 0.15) is 0 Å². The van der Waals surface area contributed by atoms with Gasteiger partial charge in [0.05, 0.1) is 42.3 Å². The summed E-state index contributed by atoms with van der Waals surface area (Å²) in [7, 11) is 2.70. The van der Waals surface area contributed by atoms with E-state index >= 15 is 0 Å². The van der Waals surface area contributed by atoms with Crippen LogP contribution in [-0.4, -0.2) is 54.8 Å². The molecule has 0 saturated carbocycles. The van der Waals surface area contributed by atoms with Crippen molar-refractivity contribution in [3.63, 3.8) is 0 Å². The molecule has 0 spiro atoms. The molecule has 0 aromatic heterocycles. The van der Waals surface area contributed by atoms with Crippen LogP contribution in [0.5, 0.6) is 11.5 Å². The van der Waals surface area contributed by atoms with Crippen LogP contribution in [0.4, 0.5) is 4.79 Å². The summed E-state index contributed by atoms with van der Waals surface area (Å²) >= 11 is 2.09. The minimum absolute atomic E-state index is 0.125. The van der Waals surface area contributed by atoms with Gasteiger partial charge < -0.3 is 19.3 Å². The molecule has 1 aliphatic carbocycles. The molecule has 3 aliphatic rings. The third-order valence-corrected chi connectivity index (χ3v) is 8.16. The number of benzene rings is 1. The van der Waals surface area contributed by atoms with Crippen LogP contribution in [0.3, 0.4) is 0 Å². The van der Waals surface area contributed by atoms with Crippen molar-refractivity contribution in [2.75, 3.05) is 20.8 Å². The van der Waals surface area contributed by atoms with Crippen LogP contribution in [-0.2, 0) is 19.1 Å². The summed E-state index contributed by atoms with van der Waals surface area (Å²) in [6.07, 6.45) is 3.95. The maximum absolute atomic E-state index is 13.0. The molecule has 3 amide bonds. The van der Waals surface area contributed by atoms with Crippen LogP contribution in [0.2, 0.25) is 0 Å². The first-order valence-corrected chi connectivity index (χ1v) is 12.8. The van der Waals surface area contributed by atoms with Crippen LogP contribution in [0.25, 0.3) is 6.08 Å². The second-order valence-corrected chi connectivity index (χ2v) is 10.4. The van der Waals surface area contributed by atoms with Crippen LogP contribution in [0.15, 0.2) is 28.9 Å². The Labute approximate surface area is 218 Å². The second kappa shape index (κ2) is 10.3. The number of phenols is 1. The van der Waals surface area contributed by atoms with Crippen molar-refractivity contribution >= 4 is 46.6 Å². The number of halogens is 1. The molecule has 0 unspecified atom stereocenters. The Morgan fingerprint density at radius 2 is 2.00 bits per heavy atom. The van der Waals surface area contributed by atoms with E-state index in [9.17, 15) is 19.5 Å². The third-order valence-electron chi connectivity index (χ3n) is 7.33. The van der Waals surface area contributed by atoms with Gasteiger partial charge in [-0.05, 0) is 78.5 Å². The SMILES string of the molecule is CC/C(=C\c1cc(I)c(O)c(OC)c1)CC[C@H]1OC[C@H]2C1=C(C)C[C@H]1C(=O)N(C(=O)OC)C(=O)[C@H]12. The summed E-state index contributed by atoms with van der Waals surface area (Å²) < 4.78 is 16.8. The lowest BCUT2D eigenvalue weighted by atomic mass is 9.70. The van der Waals surface area contributed by atoms with Crippen molar-refractivity contribution in [2.45, 2.75) is 45.6 Å². The summed E-state index contributed by atoms with van der Waals surface area (Å²) in [5.74, 6) is -1.66. The Bertz CT molecular complexity index is 1120. The fourth-order valence-electron chi connectivity index (χ4n) is 5.64. The van der Waals surface area contributed by atoms with Gasteiger partial charge in [0.2, 0.25) is 11.8 Å². The fraction of sp³-hybridized carbons (Fsp3) is 0.500. The van der Waals surface area contributed by atoms with Gasteiger partial charge >= 0.3 is 6.09 Å². The number of fused-ring (bicyclic) bond motifs is 3. The minimum Gasteiger partial charge on any atom is -0.504 e. The third kappa shape index (κ3) is 4.60. The van der Waals surface area contributed by atoms with E-state index in [-0.39, 0.29) is 17.8 Å². The molecular weight excluding hydrogens is 565 g/mol. The number of hydrogen-bond acceptors (Lipinski definition) is 7. The zero-order valence-corrected chi connectivity index (χ0v) is 22.5. The average Bonchev–Trinajstić information content (AvgIpc) is 3.37. The number of carbonyl (C=O) groups is 3. The van der Waals surface area contributed by atoms with Crippen molar-refractivity contribution in [1.29, 1.82) is 0 Å². The molecule has 9 heteroatoms. The van der Waals surface area contributed by atoms with E-state index in [1.807, 2.05) is 19.1 Å². The Balaban J connectivity index is 1.51. The van der Waals surface area contributed by atoms with Gasteiger partial charge in [0, 0.05) is 5.92 Å². The van der Waals surface area contributed by atoms with Crippen molar-refractivity contribution in [2.24, 2.45) is 17.8 Å². The Kier molecular flexibility index (Phi) is 7.56. The number of rotatable bonds is 6. The molecule has 8 nitrogen and oxygen atoms in total. The lowest BCUT2D eigenvalue weighted by Crippen LogP contribution is -2.37. The fourth-order valence-corrected chi connectivity index (χ4v) is 6.26. The molecule has 2 aliphatic heterocycles. The number of aromatic hydroxyl groups is 1. The first kappa shape index (κ1) is 25.7. The minimum atomic E-state index is -0.915. The Morgan fingerprint density at radius 1 is 1.26 bits per heavy atom. The van der Waals surface area contributed by atoms with Crippen LogP contribution < -0.4 is 4.74 Å². The highest BCUT2D eigenvalue weighted by atomic mass is 127. The van der Waals surface area contributed by atoms with Crippen LogP contribution in [0.1, 0.15) is 45.1 Å². The number of amides is 3. The van der Waals surface area contributed by atoms with Crippen LogP contribution >= 0.6 is 22.6 Å². The van der Waals surface area contributed by atoms with Crippen molar-refractivity contribution in [3.05, 3.63) is 38.0 Å².